The van der Waals surface area contributed by atoms with E-state index in [0.717, 1.165) is 11.3 Å². The molecule has 0 fully saturated rings. The minimum absolute atomic E-state index is 0.0366. The number of anilines is 1. The maximum atomic E-state index is 12.3. The summed E-state index contributed by atoms with van der Waals surface area (Å²) in [6.07, 6.45) is 0.674. The number of carbonyl (C=O) groups is 2. The number of benzene rings is 2. The fourth-order valence-electron chi connectivity index (χ4n) is 2.59. The van der Waals surface area contributed by atoms with Gasteiger partial charge in [0.15, 0.2) is 0 Å². The van der Waals surface area contributed by atoms with Gasteiger partial charge in [-0.15, -0.1) is 0 Å². The van der Waals surface area contributed by atoms with Gasteiger partial charge in [-0.2, -0.15) is 0 Å². The number of rotatable bonds is 7. The Morgan fingerprint density at radius 3 is 2.19 bits per heavy atom. The largest absolute Gasteiger partial charge is 0.333 e. The van der Waals surface area contributed by atoms with Gasteiger partial charge in [-0.25, -0.2) is 0 Å². The molecule has 4 nitrogen and oxygen atoms in total. The monoisotopic (exact) mass is 372 g/mol. The van der Waals surface area contributed by atoms with Gasteiger partial charge >= 0.3 is 0 Å². The number of amides is 2. The van der Waals surface area contributed by atoms with Crippen molar-refractivity contribution in [3.05, 3.63) is 64.7 Å². The van der Waals surface area contributed by atoms with Gasteiger partial charge in [0.2, 0.25) is 11.8 Å². The van der Waals surface area contributed by atoms with E-state index in [4.69, 9.17) is 11.6 Å². The zero-order valence-corrected chi connectivity index (χ0v) is 16.2. The standard InChI is InChI=1S/C21H25ClN2O2/c1-15(2)18-6-10-20(11-7-18)23-21(26)14-24(16(3)25)13-12-17-4-8-19(22)9-5-17/h4-11,15H,12-14H2,1-3H3,(H,23,26). The molecular formula is C21H25ClN2O2. The molecule has 0 spiro atoms. The topological polar surface area (TPSA) is 49.4 Å². The van der Waals surface area contributed by atoms with Crippen LogP contribution in [0.15, 0.2) is 48.5 Å². The van der Waals surface area contributed by atoms with Gasteiger partial charge in [0.25, 0.3) is 0 Å². The van der Waals surface area contributed by atoms with E-state index in [0.29, 0.717) is 23.9 Å². The lowest BCUT2D eigenvalue weighted by Gasteiger charge is -2.20. The van der Waals surface area contributed by atoms with E-state index in [2.05, 4.69) is 19.2 Å². The Morgan fingerprint density at radius 1 is 1.04 bits per heavy atom. The summed E-state index contributed by atoms with van der Waals surface area (Å²) in [4.78, 5) is 25.7. The summed E-state index contributed by atoms with van der Waals surface area (Å²) in [6, 6.07) is 15.3. The summed E-state index contributed by atoms with van der Waals surface area (Å²) in [7, 11) is 0. The fraction of sp³-hybridized carbons (Fsp3) is 0.333. The van der Waals surface area contributed by atoms with Crippen LogP contribution in [-0.2, 0) is 16.0 Å². The lowest BCUT2D eigenvalue weighted by Crippen LogP contribution is -2.38. The number of hydrogen-bond donors (Lipinski definition) is 1. The third-order valence-electron chi connectivity index (χ3n) is 4.22. The molecular weight excluding hydrogens is 348 g/mol. The molecule has 2 aromatic rings. The van der Waals surface area contributed by atoms with Crippen LogP contribution in [0.3, 0.4) is 0 Å². The van der Waals surface area contributed by atoms with Crippen molar-refractivity contribution in [1.29, 1.82) is 0 Å². The molecule has 0 unspecified atom stereocenters. The summed E-state index contributed by atoms with van der Waals surface area (Å²) < 4.78 is 0. The van der Waals surface area contributed by atoms with E-state index in [9.17, 15) is 9.59 Å². The minimum atomic E-state index is -0.200. The van der Waals surface area contributed by atoms with Crippen molar-refractivity contribution in [3.8, 4) is 0 Å². The van der Waals surface area contributed by atoms with E-state index >= 15 is 0 Å². The quantitative estimate of drug-likeness (QED) is 0.778. The molecule has 5 heteroatoms. The molecule has 0 aliphatic carbocycles. The Morgan fingerprint density at radius 2 is 1.65 bits per heavy atom. The molecule has 138 valence electrons. The van der Waals surface area contributed by atoms with E-state index in [1.165, 1.54) is 12.5 Å². The van der Waals surface area contributed by atoms with Crippen LogP contribution in [0, 0.1) is 0 Å². The van der Waals surface area contributed by atoms with E-state index in [-0.39, 0.29) is 18.4 Å². The highest BCUT2D eigenvalue weighted by Gasteiger charge is 2.14. The SMILES string of the molecule is CC(=O)N(CCc1ccc(Cl)cc1)CC(=O)Nc1ccc(C(C)C)cc1. The second-order valence-corrected chi connectivity index (χ2v) is 7.08. The third kappa shape index (κ3) is 6.19. The van der Waals surface area contributed by atoms with Crippen LogP contribution >= 0.6 is 11.6 Å². The Bertz CT molecular complexity index is 740. The van der Waals surface area contributed by atoms with Gasteiger partial charge in [-0.3, -0.25) is 9.59 Å². The fourth-order valence-corrected chi connectivity index (χ4v) is 2.71. The summed E-state index contributed by atoms with van der Waals surface area (Å²) in [5.41, 5.74) is 3.03. The molecule has 0 radical (unpaired) electrons. The van der Waals surface area contributed by atoms with Crippen LogP contribution in [0.25, 0.3) is 0 Å². The first-order valence-corrected chi connectivity index (χ1v) is 9.12. The van der Waals surface area contributed by atoms with Gasteiger partial charge in [-0.1, -0.05) is 49.7 Å². The predicted octanol–water partition coefficient (Wildman–Crippen LogP) is 4.49. The van der Waals surface area contributed by atoms with Crippen LogP contribution in [0.5, 0.6) is 0 Å². The molecule has 0 saturated heterocycles. The third-order valence-corrected chi connectivity index (χ3v) is 4.48. The Kier molecular flexibility index (Phi) is 7.22. The number of nitrogens with zero attached hydrogens (tertiary/aromatic N) is 1. The van der Waals surface area contributed by atoms with Gasteiger partial charge in [-0.05, 0) is 47.7 Å². The van der Waals surface area contributed by atoms with Crippen LogP contribution < -0.4 is 5.32 Å². The minimum Gasteiger partial charge on any atom is -0.333 e. The van der Waals surface area contributed by atoms with Gasteiger partial charge < -0.3 is 10.2 Å². The van der Waals surface area contributed by atoms with Crippen molar-refractivity contribution in [2.45, 2.75) is 33.1 Å². The highest BCUT2D eigenvalue weighted by atomic mass is 35.5. The first kappa shape index (κ1) is 20.0. The second-order valence-electron chi connectivity index (χ2n) is 6.64. The van der Waals surface area contributed by atoms with Crippen molar-refractivity contribution in [3.63, 3.8) is 0 Å². The first-order valence-electron chi connectivity index (χ1n) is 8.75. The van der Waals surface area contributed by atoms with Crippen molar-refractivity contribution < 1.29 is 9.59 Å². The average molecular weight is 373 g/mol. The van der Waals surface area contributed by atoms with Crippen molar-refractivity contribution in [2.75, 3.05) is 18.4 Å². The molecule has 26 heavy (non-hydrogen) atoms. The smallest absolute Gasteiger partial charge is 0.243 e. The predicted molar refractivity (Wildman–Crippen MR) is 107 cm³/mol. The van der Waals surface area contributed by atoms with Gasteiger partial charge in [0.1, 0.15) is 0 Å². The highest BCUT2D eigenvalue weighted by molar-refractivity contribution is 6.30. The van der Waals surface area contributed by atoms with E-state index < -0.39 is 0 Å². The Hall–Kier alpha value is -2.33. The van der Waals surface area contributed by atoms with Crippen LogP contribution in [0.4, 0.5) is 5.69 Å². The molecule has 2 amide bonds. The zero-order chi connectivity index (χ0) is 19.1. The molecule has 0 bridgehead atoms. The molecule has 2 aromatic carbocycles. The van der Waals surface area contributed by atoms with Crippen LogP contribution in [-0.4, -0.2) is 29.8 Å². The molecule has 0 aliphatic rings. The average Bonchev–Trinajstić information content (AvgIpc) is 2.60. The number of carbonyl (C=O) groups excluding carboxylic acids is 2. The molecule has 0 saturated carbocycles. The number of halogens is 1. The maximum Gasteiger partial charge on any atom is 0.243 e. The summed E-state index contributed by atoms with van der Waals surface area (Å²) >= 11 is 5.88. The molecule has 2 rings (SSSR count). The molecule has 0 heterocycles. The van der Waals surface area contributed by atoms with Crippen molar-refractivity contribution >= 4 is 29.1 Å². The maximum absolute atomic E-state index is 12.3. The highest BCUT2D eigenvalue weighted by Crippen LogP contribution is 2.17. The second kappa shape index (κ2) is 9.39. The lowest BCUT2D eigenvalue weighted by atomic mass is 10.0. The summed E-state index contributed by atoms with van der Waals surface area (Å²) in [6.45, 7) is 6.25. The molecule has 0 atom stereocenters. The van der Waals surface area contributed by atoms with E-state index in [1.807, 2.05) is 48.5 Å². The molecule has 0 aliphatic heterocycles. The van der Waals surface area contributed by atoms with E-state index in [1.54, 1.807) is 4.90 Å². The molecule has 1 N–H and O–H groups in total. The van der Waals surface area contributed by atoms with Gasteiger partial charge in [0.05, 0.1) is 6.54 Å². The number of nitrogens with one attached hydrogen (secondary N) is 1. The Balaban J connectivity index is 1.90. The Labute approximate surface area is 160 Å². The lowest BCUT2D eigenvalue weighted by molar-refractivity contribution is -0.132. The molecule has 0 aromatic heterocycles. The van der Waals surface area contributed by atoms with Crippen molar-refractivity contribution in [1.82, 2.24) is 4.90 Å². The van der Waals surface area contributed by atoms with Crippen LogP contribution in [0.2, 0.25) is 5.02 Å². The number of hydrogen-bond acceptors (Lipinski definition) is 2. The summed E-state index contributed by atoms with van der Waals surface area (Å²) in [5.74, 6) is 0.124. The zero-order valence-electron chi connectivity index (χ0n) is 15.5. The first-order chi connectivity index (χ1) is 12.3. The van der Waals surface area contributed by atoms with Gasteiger partial charge in [0, 0.05) is 24.2 Å². The normalized spacial score (nSPS) is 10.7. The van der Waals surface area contributed by atoms with Crippen LogP contribution in [0.1, 0.15) is 37.8 Å². The summed E-state index contributed by atoms with van der Waals surface area (Å²) in [5, 5.41) is 3.53. The van der Waals surface area contributed by atoms with Crippen molar-refractivity contribution in [2.24, 2.45) is 0 Å².